The number of benzene rings is 1. The summed E-state index contributed by atoms with van der Waals surface area (Å²) in [5.41, 5.74) is 6.26. The van der Waals surface area contributed by atoms with E-state index in [-0.39, 0.29) is 12.0 Å². The van der Waals surface area contributed by atoms with Crippen molar-refractivity contribution >= 4 is 17.2 Å². The zero-order valence-electron chi connectivity index (χ0n) is 16.9. The largest absolute Gasteiger partial charge is 0.469 e. The van der Waals surface area contributed by atoms with Gasteiger partial charge < -0.3 is 14.5 Å². The number of hydrogen-bond donors (Lipinski definition) is 1. The van der Waals surface area contributed by atoms with E-state index in [0.717, 1.165) is 35.5 Å². The number of rotatable bonds is 4. The molecule has 0 saturated heterocycles. The Bertz CT molecular complexity index is 1250. The highest BCUT2D eigenvalue weighted by atomic mass is 16.5. The van der Waals surface area contributed by atoms with Crippen molar-refractivity contribution in [2.75, 3.05) is 5.32 Å². The van der Waals surface area contributed by atoms with Gasteiger partial charge in [-0.2, -0.15) is 0 Å². The Morgan fingerprint density at radius 2 is 2.07 bits per heavy atom. The van der Waals surface area contributed by atoms with Gasteiger partial charge in [-0.3, -0.25) is 4.79 Å². The van der Waals surface area contributed by atoms with Crippen LogP contribution in [0.4, 0.5) is 5.69 Å². The molecule has 5 rings (SSSR count). The minimum Gasteiger partial charge on any atom is -0.469 e. The standard InChI is InChI=1S/C24H22N4O2/c1-15-13-16(2)28-12-10-19(23(28)26-15)24(29)27-18-8-6-17-7-9-21(20(17)14-18)30-22-5-3-4-11-25-22/h3-6,8,10-14,21H,7,9H2,1-2H3,(H,27,29). The minimum absolute atomic E-state index is 0.0611. The zero-order chi connectivity index (χ0) is 20.7. The molecule has 0 saturated carbocycles. The molecule has 3 aromatic heterocycles. The Balaban J connectivity index is 1.40. The van der Waals surface area contributed by atoms with Gasteiger partial charge in [-0.1, -0.05) is 12.1 Å². The fourth-order valence-electron chi connectivity index (χ4n) is 4.10. The molecule has 1 atom stereocenters. The molecule has 1 aliphatic carbocycles. The van der Waals surface area contributed by atoms with Crippen LogP contribution < -0.4 is 10.1 Å². The monoisotopic (exact) mass is 398 g/mol. The fraction of sp³-hybridized carbons (Fsp3) is 0.208. The molecule has 1 unspecified atom stereocenters. The van der Waals surface area contributed by atoms with Gasteiger partial charge >= 0.3 is 0 Å². The molecular weight excluding hydrogens is 376 g/mol. The molecule has 0 spiro atoms. The first-order valence-corrected chi connectivity index (χ1v) is 10.1. The highest BCUT2D eigenvalue weighted by molar-refractivity contribution is 6.08. The van der Waals surface area contributed by atoms with Crippen LogP contribution in [0.15, 0.2) is 60.9 Å². The van der Waals surface area contributed by atoms with Crippen LogP contribution in [0.1, 0.15) is 45.4 Å². The molecule has 0 bridgehead atoms. The smallest absolute Gasteiger partial charge is 0.259 e. The molecule has 4 aromatic rings. The average Bonchev–Trinajstić information content (AvgIpc) is 3.33. The van der Waals surface area contributed by atoms with Gasteiger partial charge in [0, 0.05) is 35.5 Å². The molecule has 6 nitrogen and oxygen atoms in total. The molecule has 1 N–H and O–H groups in total. The van der Waals surface area contributed by atoms with E-state index >= 15 is 0 Å². The second kappa shape index (κ2) is 7.30. The van der Waals surface area contributed by atoms with Gasteiger partial charge in [0.1, 0.15) is 11.8 Å². The number of pyridine rings is 1. The summed E-state index contributed by atoms with van der Waals surface area (Å²) in [6, 6.07) is 15.5. The number of fused-ring (bicyclic) bond motifs is 2. The lowest BCUT2D eigenvalue weighted by Gasteiger charge is -2.15. The lowest BCUT2D eigenvalue weighted by atomic mass is 10.1. The predicted molar refractivity (Wildman–Crippen MR) is 115 cm³/mol. The number of amides is 1. The lowest BCUT2D eigenvalue weighted by molar-refractivity contribution is 0.102. The van der Waals surface area contributed by atoms with Gasteiger partial charge in [0.2, 0.25) is 5.88 Å². The third-order valence-electron chi connectivity index (χ3n) is 5.51. The van der Waals surface area contributed by atoms with Gasteiger partial charge in [0.05, 0.1) is 5.56 Å². The third-order valence-corrected chi connectivity index (χ3v) is 5.51. The predicted octanol–water partition coefficient (Wildman–Crippen LogP) is 4.66. The lowest BCUT2D eigenvalue weighted by Crippen LogP contribution is -2.13. The first-order valence-electron chi connectivity index (χ1n) is 10.1. The Kier molecular flexibility index (Phi) is 4.47. The van der Waals surface area contributed by atoms with E-state index in [0.29, 0.717) is 17.1 Å². The number of aromatic nitrogens is 3. The van der Waals surface area contributed by atoms with Crippen molar-refractivity contribution in [1.29, 1.82) is 0 Å². The summed E-state index contributed by atoms with van der Waals surface area (Å²) in [6.45, 7) is 3.94. The van der Waals surface area contributed by atoms with Crippen molar-refractivity contribution in [3.63, 3.8) is 0 Å². The van der Waals surface area contributed by atoms with E-state index < -0.39 is 0 Å². The van der Waals surface area contributed by atoms with Crippen LogP contribution in [-0.2, 0) is 6.42 Å². The van der Waals surface area contributed by atoms with Crippen molar-refractivity contribution in [3.8, 4) is 5.88 Å². The molecule has 0 fully saturated rings. The highest BCUT2D eigenvalue weighted by Gasteiger charge is 2.25. The van der Waals surface area contributed by atoms with Gasteiger partial charge in [0.15, 0.2) is 0 Å². The quantitative estimate of drug-likeness (QED) is 0.543. The maximum absolute atomic E-state index is 13.0. The van der Waals surface area contributed by atoms with Crippen LogP contribution in [0, 0.1) is 13.8 Å². The van der Waals surface area contributed by atoms with Crippen molar-refractivity contribution in [2.24, 2.45) is 0 Å². The second-order valence-electron chi connectivity index (χ2n) is 7.64. The summed E-state index contributed by atoms with van der Waals surface area (Å²) in [5.74, 6) is 0.442. The summed E-state index contributed by atoms with van der Waals surface area (Å²) < 4.78 is 8.01. The van der Waals surface area contributed by atoms with E-state index in [4.69, 9.17) is 4.74 Å². The van der Waals surface area contributed by atoms with Crippen molar-refractivity contribution in [3.05, 3.63) is 89.0 Å². The molecule has 0 aliphatic heterocycles. The maximum Gasteiger partial charge on any atom is 0.259 e. The number of ether oxygens (including phenoxy) is 1. The molecule has 0 radical (unpaired) electrons. The molecule has 150 valence electrons. The molecule has 1 amide bonds. The molecule has 30 heavy (non-hydrogen) atoms. The second-order valence-corrected chi connectivity index (χ2v) is 7.64. The number of anilines is 1. The normalized spacial score (nSPS) is 15.2. The summed E-state index contributed by atoms with van der Waals surface area (Å²) in [5, 5.41) is 3.03. The van der Waals surface area contributed by atoms with E-state index in [2.05, 4.69) is 21.4 Å². The average molecular weight is 398 g/mol. The van der Waals surface area contributed by atoms with E-state index in [1.807, 2.05) is 66.9 Å². The van der Waals surface area contributed by atoms with Gasteiger partial charge in [-0.25, -0.2) is 9.97 Å². The molecule has 6 heteroatoms. The summed E-state index contributed by atoms with van der Waals surface area (Å²) >= 11 is 0. The molecule has 1 aliphatic rings. The number of nitrogens with zero attached hydrogens (tertiary/aromatic N) is 3. The number of aryl methyl sites for hydroxylation is 3. The van der Waals surface area contributed by atoms with Gasteiger partial charge in [-0.15, -0.1) is 0 Å². The Morgan fingerprint density at radius 3 is 2.90 bits per heavy atom. The number of carbonyl (C=O) groups is 1. The Labute approximate surface area is 174 Å². The Morgan fingerprint density at radius 1 is 1.17 bits per heavy atom. The van der Waals surface area contributed by atoms with Crippen LogP contribution in [0.5, 0.6) is 5.88 Å². The number of carbonyl (C=O) groups excluding carboxylic acids is 1. The van der Waals surface area contributed by atoms with E-state index in [1.165, 1.54) is 5.56 Å². The molecular formula is C24H22N4O2. The van der Waals surface area contributed by atoms with Crippen molar-refractivity contribution in [1.82, 2.24) is 14.4 Å². The van der Waals surface area contributed by atoms with Crippen LogP contribution in [0.2, 0.25) is 0 Å². The number of hydrogen-bond acceptors (Lipinski definition) is 4. The Hall–Kier alpha value is -3.67. The van der Waals surface area contributed by atoms with E-state index in [1.54, 1.807) is 6.20 Å². The third kappa shape index (κ3) is 3.30. The van der Waals surface area contributed by atoms with Crippen molar-refractivity contribution in [2.45, 2.75) is 32.8 Å². The summed E-state index contributed by atoms with van der Waals surface area (Å²) in [4.78, 5) is 21.8. The first kappa shape index (κ1) is 18.4. The minimum atomic E-state index is -0.171. The van der Waals surface area contributed by atoms with Gasteiger partial charge in [-0.05, 0) is 68.1 Å². The maximum atomic E-state index is 13.0. The van der Waals surface area contributed by atoms with Crippen molar-refractivity contribution < 1.29 is 9.53 Å². The SMILES string of the molecule is Cc1cc(C)n2ccc(C(=O)Nc3ccc4c(c3)C(Oc3ccccn3)CC4)c2n1. The zero-order valence-corrected chi connectivity index (χ0v) is 16.9. The summed E-state index contributed by atoms with van der Waals surface area (Å²) in [6.07, 6.45) is 5.39. The topological polar surface area (TPSA) is 68.5 Å². The molecule has 1 aromatic carbocycles. The molecule has 3 heterocycles. The summed E-state index contributed by atoms with van der Waals surface area (Å²) in [7, 11) is 0. The van der Waals surface area contributed by atoms with Gasteiger partial charge in [0.25, 0.3) is 5.91 Å². The van der Waals surface area contributed by atoms with Crippen LogP contribution in [0.25, 0.3) is 5.65 Å². The van der Waals surface area contributed by atoms with Crippen LogP contribution in [-0.4, -0.2) is 20.3 Å². The number of nitrogens with one attached hydrogen (secondary N) is 1. The highest BCUT2D eigenvalue weighted by Crippen LogP contribution is 2.36. The van der Waals surface area contributed by atoms with E-state index in [9.17, 15) is 4.79 Å². The fourth-order valence-corrected chi connectivity index (χ4v) is 4.10. The first-order chi connectivity index (χ1) is 14.6. The van der Waals surface area contributed by atoms with Crippen LogP contribution in [0.3, 0.4) is 0 Å². The van der Waals surface area contributed by atoms with Crippen LogP contribution >= 0.6 is 0 Å².